The van der Waals surface area contributed by atoms with E-state index in [-0.39, 0.29) is 17.6 Å². The van der Waals surface area contributed by atoms with Crippen LogP contribution in [0.5, 0.6) is 0 Å². The predicted molar refractivity (Wildman–Crippen MR) is 99.4 cm³/mol. The Morgan fingerprint density at radius 3 is 2.78 bits per heavy atom. The third-order valence-electron chi connectivity index (χ3n) is 5.11. The van der Waals surface area contributed by atoms with Gasteiger partial charge in [-0.25, -0.2) is 9.97 Å². The van der Waals surface area contributed by atoms with E-state index >= 15 is 0 Å². The van der Waals surface area contributed by atoms with Crippen LogP contribution < -0.4 is 10.6 Å². The molecule has 27 heavy (non-hydrogen) atoms. The molecule has 1 aliphatic heterocycles. The largest absolute Gasteiger partial charge is 0.367 e. The van der Waals surface area contributed by atoms with Gasteiger partial charge in [-0.3, -0.25) is 14.9 Å². The Morgan fingerprint density at radius 2 is 2.07 bits per heavy atom. The predicted octanol–water partition coefficient (Wildman–Crippen LogP) is 2.82. The smallest absolute Gasteiger partial charge is 0.269 e. The first-order chi connectivity index (χ1) is 13.1. The number of carbonyl (C=O) groups is 1. The number of fused-ring (bicyclic) bond motifs is 1. The average Bonchev–Trinajstić information content (AvgIpc) is 3.27. The fraction of sp³-hybridized carbons (Fsp3) is 0.333. The van der Waals surface area contributed by atoms with Crippen LogP contribution in [0, 0.1) is 15.5 Å². The monoisotopic (exact) mass is 366 g/mol. The summed E-state index contributed by atoms with van der Waals surface area (Å²) in [5, 5.41) is 25.1. The van der Waals surface area contributed by atoms with Gasteiger partial charge in [0.2, 0.25) is 5.91 Å². The van der Waals surface area contributed by atoms with Crippen LogP contribution in [-0.4, -0.2) is 33.1 Å². The molecular formula is C18H18N6O3. The normalized spacial score (nSPS) is 18.8. The highest BCUT2D eigenvalue weighted by molar-refractivity contribution is 6.06. The molecule has 1 atom stereocenters. The third kappa shape index (κ3) is 3.01. The second kappa shape index (κ2) is 6.75. The van der Waals surface area contributed by atoms with E-state index in [1.165, 1.54) is 24.5 Å². The summed E-state index contributed by atoms with van der Waals surface area (Å²) in [5.74, 6) is -0.615. The van der Waals surface area contributed by atoms with Crippen molar-refractivity contribution >= 4 is 29.3 Å². The highest BCUT2D eigenvalue weighted by Crippen LogP contribution is 2.40. The van der Waals surface area contributed by atoms with Crippen molar-refractivity contribution in [1.82, 2.24) is 9.97 Å². The van der Waals surface area contributed by atoms with Gasteiger partial charge in [-0.05, 0) is 18.9 Å². The maximum Gasteiger partial charge on any atom is 0.269 e. The maximum absolute atomic E-state index is 12.6. The molecule has 2 aliphatic rings. The van der Waals surface area contributed by atoms with Gasteiger partial charge in [-0.1, -0.05) is 12.8 Å². The summed E-state index contributed by atoms with van der Waals surface area (Å²) in [5.41, 5.74) is 1.73. The summed E-state index contributed by atoms with van der Waals surface area (Å²) in [4.78, 5) is 31.7. The SMILES string of the molecule is N=Cc1c(NC2CCCC2)ncnc1C1C(=O)Nc2ccc([N+](=O)[O-])cc21. The summed E-state index contributed by atoms with van der Waals surface area (Å²) in [6, 6.07) is 4.55. The summed E-state index contributed by atoms with van der Waals surface area (Å²) in [7, 11) is 0. The van der Waals surface area contributed by atoms with Crippen LogP contribution in [0.15, 0.2) is 24.5 Å². The quantitative estimate of drug-likeness (QED) is 0.423. The first-order valence-corrected chi connectivity index (χ1v) is 8.79. The molecule has 3 N–H and O–H groups in total. The van der Waals surface area contributed by atoms with Gasteiger partial charge in [-0.15, -0.1) is 0 Å². The number of nitro groups is 1. The van der Waals surface area contributed by atoms with Crippen LogP contribution in [-0.2, 0) is 4.79 Å². The fourth-order valence-electron chi connectivity index (χ4n) is 3.79. The van der Waals surface area contributed by atoms with E-state index in [1.807, 2.05) is 0 Å². The van der Waals surface area contributed by atoms with E-state index in [0.717, 1.165) is 31.9 Å². The van der Waals surface area contributed by atoms with Crippen LogP contribution in [0.3, 0.4) is 0 Å². The lowest BCUT2D eigenvalue weighted by molar-refractivity contribution is -0.384. The lowest BCUT2D eigenvalue weighted by Crippen LogP contribution is -2.21. The van der Waals surface area contributed by atoms with Gasteiger partial charge >= 0.3 is 0 Å². The van der Waals surface area contributed by atoms with Crippen molar-refractivity contribution in [2.45, 2.75) is 37.6 Å². The number of carbonyl (C=O) groups excluding carboxylic acids is 1. The second-order valence-electron chi connectivity index (χ2n) is 6.74. The zero-order valence-electron chi connectivity index (χ0n) is 14.4. The molecule has 1 aromatic carbocycles. The highest BCUT2D eigenvalue weighted by atomic mass is 16.6. The maximum atomic E-state index is 12.6. The number of non-ortho nitro benzene ring substituents is 1. The van der Waals surface area contributed by atoms with Crippen LogP contribution in [0.25, 0.3) is 0 Å². The number of amides is 1. The van der Waals surface area contributed by atoms with Gasteiger partial charge < -0.3 is 16.0 Å². The van der Waals surface area contributed by atoms with E-state index < -0.39 is 10.8 Å². The number of aromatic nitrogens is 2. The molecular weight excluding hydrogens is 348 g/mol. The van der Waals surface area contributed by atoms with E-state index in [0.29, 0.717) is 28.3 Å². The molecule has 9 nitrogen and oxygen atoms in total. The van der Waals surface area contributed by atoms with Gasteiger partial charge in [0.25, 0.3) is 5.69 Å². The van der Waals surface area contributed by atoms with Crippen molar-refractivity contribution in [2.75, 3.05) is 10.6 Å². The van der Waals surface area contributed by atoms with E-state index in [2.05, 4.69) is 20.6 Å². The topological polar surface area (TPSA) is 134 Å². The van der Waals surface area contributed by atoms with Crippen LogP contribution in [0.2, 0.25) is 0 Å². The zero-order chi connectivity index (χ0) is 19.0. The number of hydrogen-bond acceptors (Lipinski definition) is 7. The molecule has 2 heterocycles. The lowest BCUT2D eigenvalue weighted by atomic mass is 9.93. The van der Waals surface area contributed by atoms with Crippen LogP contribution in [0.1, 0.15) is 48.4 Å². The van der Waals surface area contributed by atoms with Gasteiger partial charge in [0.05, 0.1) is 16.2 Å². The highest BCUT2D eigenvalue weighted by Gasteiger charge is 2.36. The minimum Gasteiger partial charge on any atom is -0.367 e. The Morgan fingerprint density at radius 1 is 1.30 bits per heavy atom. The Kier molecular flexibility index (Phi) is 4.27. The Balaban J connectivity index is 1.77. The van der Waals surface area contributed by atoms with Gasteiger partial charge in [0.15, 0.2) is 0 Å². The Labute approximate surface area is 154 Å². The number of anilines is 2. The van der Waals surface area contributed by atoms with Gasteiger partial charge in [-0.2, -0.15) is 0 Å². The molecule has 0 bridgehead atoms. The lowest BCUT2D eigenvalue weighted by Gasteiger charge is -2.18. The van der Waals surface area contributed by atoms with E-state index in [1.54, 1.807) is 0 Å². The third-order valence-corrected chi connectivity index (χ3v) is 5.11. The molecule has 1 unspecified atom stereocenters. The van der Waals surface area contributed by atoms with Crippen LogP contribution in [0.4, 0.5) is 17.2 Å². The fourth-order valence-corrected chi connectivity index (χ4v) is 3.79. The number of rotatable bonds is 5. The van der Waals surface area contributed by atoms with Gasteiger partial charge in [0.1, 0.15) is 18.1 Å². The standard InChI is InChI=1S/C18H18N6O3/c19-8-13-16(20-9-21-17(13)22-10-3-1-2-4-10)15-12-7-11(24(26)27)5-6-14(12)23-18(15)25/h5-10,15,19H,1-4H2,(H,23,25)(H,20,21,22). The molecule has 1 aromatic heterocycles. The molecule has 1 saturated carbocycles. The van der Waals surface area contributed by atoms with E-state index in [9.17, 15) is 14.9 Å². The molecule has 2 aromatic rings. The molecule has 9 heteroatoms. The average molecular weight is 366 g/mol. The molecule has 1 amide bonds. The molecule has 0 spiro atoms. The summed E-state index contributed by atoms with van der Waals surface area (Å²) >= 11 is 0. The second-order valence-corrected chi connectivity index (χ2v) is 6.74. The molecule has 138 valence electrons. The van der Waals surface area contributed by atoms with Crippen molar-refractivity contribution in [3.8, 4) is 0 Å². The molecule has 0 radical (unpaired) electrons. The van der Waals surface area contributed by atoms with Crippen molar-refractivity contribution in [2.24, 2.45) is 0 Å². The minimum atomic E-state index is -0.816. The summed E-state index contributed by atoms with van der Waals surface area (Å²) < 4.78 is 0. The Hall–Kier alpha value is -3.36. The molecule has 4 rings (SSSR count). The van der Waals surface area contributed by atoms with Crippen molar-refractivity contribution in [3.63, 3.8) is 0 Å². The van der Waals surface area contributed by atoms with Crippen LogP contribution >= 0.6 is 0 Å². The number of nitro benzene ring substituents is 1. The van der Waals surface area contributed by atoms with Gasteiger partial charge in [0, 0.05) is 35.6 Å². The van der Waals surface area contributed by atoms with E-state index in [4.69, 9.17) is 5.41 Å². The van der Waals surface area contributed by atoms with Crippen molar-refractivity contribution < 1.29 is 9.72 Å². The molecule has 0 saturated heterocycles. The minimum absolute atomic E-state index is 0.0926. The first kappa shape index (κ1) is 17.1. The number of nitrogens with one attached hydrogen (secondary N) is 3. The number of nitrogens with zero attached hydrogens (tertiary/aromatic N) is 3. The Bertz CT molecular complexity index is 939. The number of hydrogen-bond donors (Lipinski definition) is 3. The summed E-state index contributed by atoms with van der Waals surface area (Å²) in [6.07, 6.45) is 6.87. The summed E-state index contributed by atoms with van der Waals surface area (Å²) in [6.45, 7) is 0. The molecule has 1 fully saturated rings. The molecule has 1 aliphatic carbocycles. The van der Waals surface area contributed by atoms with Crippen molar-refractivity contribution in [1.29, 1.82) is 5.41 Å². The first-order valence-electron chi connectivity index (χ1n) is 8.79. The number of benzene rings is 1. The van der Waals surface area contributed by atoms with Crippen molar-refractivity contribution in [3.05, 3.63) is 51.5 Å². The zero-order valence-corrected chi connectivity index (χ0v) is 14.4.